The number of nitrogens with one attached hydrogen (secondary N) is 1. The van der Waals surface area contributed by atoms with Crippen molar-refractivity contribution < 1.29 is 9.52 Å². The molecule has 2 N–H and O–H groups in total. The van der Waals surface area contributed by atoms with Gasteiger partial charge in [-0.1, -0.05) is 6.07 Å². The second-order valence-electron chi connectivity index (χ2n) is 3.95. The third kappa shape index (κ3) is 2.47. The van der Waals surface area contributed by atoms with Crippen LogP contribution in [0.15, 0.2) is 33.4 Å². The van der Waals surface area contributed by atoms with Gasteiger partial charge in [0.1, 0.15) is 11.5 Å². The van der Waals surface area contributed by atoms with Crippen LogP contribution in [0.2, 0.25) is 0 Å². The number of furan rings is 1. The molecule has 1 heterocycles. The first-order chi connectivity index (χ1) is 8.09. The van der Waals surface area contributed by atoms with E-state index in [1.807, 2.05) is 32.0 Å². The number of aryl methyl sites for hydroxylation is 1. The molecule has 1 aromatic carbocycles. The summed E-state index contributed by atoms with van der Waals surface area (Å²) in [7, 11) is 0. The molecule has 0 aliphatic carbocycles. The van der Waals surface area contributed by atoms with E-state index in [1.165, 1.54) is 0 Å². The summed E-state index contributed by atoms with van der Waals surface area (Å²) in [6.07, 6.45) is 1.64. The summed E-state index contributed by atoms with van der Waals surface area (Å²) >= 11 is 3.40. The lowest BCUT2D eigenvalue weighted by Crippen LogP contribution is -2.01. The molecular weight excluding hydrogens is 282 g/mol. The Bertz CT molecular complexity index is 534. The first-order valence-electron chi connectivity index (χ1n) is 5.34. The number of halogens is 1. The number of anilines is 1. The average Bonchev–Trinajstić information content (AvgIpc) is 2.71. The highest BCUT2D eigenvalue weighted by Gasteiger charge is 2.07. The number of benzene rings is 1. The first kappa shape index (κ1) is 12.0. The SMILES string of the molecule is Cc1ccc(NCc2occc2Br)c(C)c1O. The van der Waals surface area contributed by atoms with Gasteiger partial charge in [-0.15, -0.1) is 0 Å². The fourth-order valence-corrected chi connectivity index (χ4v) is 2.00. The molecule has 0 spiro atoms. The van der Waals surface area contributed by atoms with E-state index in [2.05, 4.69) is 21.2 Å². The van der Waals surface area contributed by atoms with Crippen molar-refractivity contribution in [3.63, 3.8) is 0 Å². The van der Waals surface area contributed by atoms with Crippen LogP contribution < -0.4 is 5.32 Å². The highest BCUT2D eigenvalue weighted by atomic mass is 79.9. The van der Waals surface area contributed by atoms with Crippen LogP contribution in [-0.4, -0.2) is 5.11 Å². The Balaban J connectivity index is 2.15. The van der Waals surface area contributed by atoms with Crippen molar-refractivity contribution in [2.75, 3.05) is 5.32 Å². The van der Waals surface area contributed by atoms with Crippen LogP contribution in [0.3, 0.4) is 0 Å². The summed E-state index contributed by atoms with van der Waals surface area (Å²) in [4.78, 5) is 0. The second-order valence-corrected chi connectivity index (χ2v) is 4.80. The van der Waals surface area contributed by atoms with Crippen molar-refractivity contribution in [2.24, 2.45) is 0 Å². The van der Waals surface area contributed by atoms with E-state index < -0.39 is 0 Å². The fraction of sp³-hybridized carbons (Fsp3) is 0.231. The minimum Gasteiger partial charge on any atom is -0.507 e. The molecule has 0 aliphatic heterocycles. The monoisotopic (exact) mass is 295 g/mol. The third-order valence-corrected chi connectivity index (χ3v) is 3.47. The normalized spacial score (nSPS) is 10.5. The highest BCUT2D eigenvalue weighted by molar-refractivity contribution is 9.10. The van der Waals surface area contributed by atoms with Crippen LogP contribution in [0.5, 0.6) is 5.75 Å². The molecule has 2 rings (SSSR count). The quantitative estimate of drug-likeness (QED) is 0.900. The van der Waals surface area contributed by atoms with Gasteiger partial charge in [-0.2, -0.15) is 0 Å². The minimum absolute atomic E-state index is 0.341. The number of phenols is 1. The van der Waals surface area contributed by atoms with Gasteiger partial charge in [0.15, 0.2) is 0 Å². The molecule has 0 saturated heterocycles. The number of hydrogen-bond acceptors (Lipinski definition) is 3. The van der Waals surface area contributed by atoms with E-state index in [9.17, 15) is 5.11 Å². The van der Waals surface area contributed by atoms with E-state index in [1.54, 1.807) is 6.26 Å². The summed E-state index contributed by atoms with van der Waals surface area (Å²) in [5.74, 6) is 1.18. The maximum atomic E-state index is 9.83. The van der Waals surface area contributed by atoms with Crippen LogP contribution >= 0.6 is 15.9 Å². The van der Waals surface area contributed by atoms with E-state index in [0.717, 1.165) is 27.0 Å². The lowest BCUT2D eigenvalue weighted by Gasteiger charge is -2.11. The van der Waals surface area contributed by atoms with Crippen LogP contribution in [0, 0.1) is 13.8 Å². The maximum Gasteiger partial charge on any atom is 0.136 e. The van der Waals surface area contributed by atoms with Gasteiger partial charge in [-0.25, -0.2) is 0 Å². The zero-order valence-corrected chi connectivity index (χ0v) is 11.3. The largest absolute Gasteiger partial charge is 0.507 e. The average molecular weight is 296 g/mol. The summed E-state index contributed by atoms with van der Waals surface area (Å²) in [6, 6.07) is 5.71. The maximum absolute atomic E-state index is 9.83. The van der Waals surface area contributed by atoms with Crippen LogP contribution in [0.25, 0.3) is 0 Å². The Morgan fingerprint density at radius 3 is 2.71 bits per heavy atom. The van der Waals surface area contributed by atoms with E-state index in [-0.39, 0.29) is 0 Å². The Kier molecular flexibility index (Phi) is 3.43. The predicted molar refractivity (Wildman–Crippen MR) is 71.3 cm³/mol. The Labute approximate surface area is 109 Å². The minimum atomic E-state index is 0.341. The Morgan fingerprint density at radius 2 is 2.06 bits per heavy atom. The molecule has 0 aliphatic rings. The molecule has 0 amide bonds. The van der Waals surface area contributed by atoms with Crippen molar-refractivity contribution >= 4 is 21.6 Å². The van der Waals surface area contributed by atoms with Gasteiger partial charge in [-0.3, -0.25) is 0 Å². The molecule has 90 valence electrons. The molecular formula is C13H14BrNO2. The zero-order chi connectivity index (χ0) is 12.4. The van der Waals surface area contributed by atoms with Gasteiger partial charge >= 0.3 is 0 Å². The van der Waals surface area contributed by atoms with Gasteiger partial charge in [0, 0.05) is 11.3 Å². The topological polar surface area (TPSA) is 45.4 Å². The van der Waals surface area contributed by atoms with Crippen LogP contribution in [0.1, 0.15) is 16.9 Å². The number of aromatic hydroxyl groups is 1. The molecule has 0 unspecified atom stereocenters. The molecule has 1 aromatic heterocycles. The molecule has 3 nitrogen and oxygen atoms in total. The lowest BCUT2D eigenvalue weighted by atomic mass is 10.1. The first-order valence-corrected chi connectivity index (χ1v) is 6.14. The number of phenolic OH excluding ortho intramolecular Hbond substituents is 1. The van der Waals surface area contributed by atoms with Gasteiger partial charge in [0.25, 0.3) is 0 Å². The lowest BCUT2D eigenvalue weighted by molar-refractivity contribution is 0.467. The standard InChI is InChI=1S/C13H14BrNO2/c1-8-3-4-11(9(2)13(8)16)15-7-12-10(14)5-6-17-12/h3-6,15-16H,7H2,1-2H3. The van der Waals surface area contributed by atoms with Crippen LogP contribution in [0.4, 0.5) is 5.69 Å². The molecule has 0 radical (unpaired) electrons. The van der Waals surface area contributed by atoms with Gasteiger partial charge in [0.2, 0.25) is 0 Å². The summed E-state index contributed by atoms with van der Waals surface area (Å²) in [6.45, 7) is 4.36. The molecule has 0 bridgehead atoms. The second kappa shape index (κ2) is 4.84. The molecule has 17 heavy (non-hydrogen) atoms. The summed E-state index contributed by atoms with van der Waals surface area (Å²) in [5.41, 5.74) is 2.65. The molecule has 2 aromatic rings. The molecule has 0 saturated carbocycles. The van der Waals surface area contributed by atoms with Crippen molar-refractivity contribution in [1.29, 1.82) is 0 Å². The third-order valence-electron chi connectivity index (χ3n) is 2.76. The summed E-state index contributed by atoms with van der Waals surface area (Å²) < 4.78 is 6.25. The van der Waals surface area contributed by atoms with E-state index in [4.69, 9.17) is 4.42 Å². The van der Waals surface area contributed by atoms with Crippen molar-refractivity contribution in [3.05, 3.63) is 45.8 Å². The fourth-order valence-electron chi connectivity index (χ4n) is 1.65. The number of rotatable bonds is 3. The van der Waals surface area contributed by atoms with Gasteiger partial charge in [0.05, 0.1) is 17.3 Å². The Morgan fingerprint density at radius 1 is 1.29 bits per heavy atom. The molecule has 0 atom stereocenters. The van der Waals surface area contributed by atoms with E-state index >= 15 is 0 Å². The van der Waals surface area contributed by atoms with Crippen molar-refractivity contribution in [3.8, 4) is 5.75 Å². The predicted octanol–water partition coefficient (Wildman–Crippen LogP) is 3.98. The number of hydrogen-bond donors (Lipinski definition) is 2. The smallest absolute Gasteiger partial charge is 0.136 e. The highest BCUT2D eigenvalue weighted by Crippen LogP contribution is 2.28. The van der Waals surface area contributed by atoms with E-state index in [0.29, 0.717) is 12.3 Å². The Hall–Kier alpha value is -1.42. The van der Waals surface area contributed by atoms with Crippen molar-refractivity contribution in [1.82, 2.24) is 0 Å². The molecule has 4 heteroatoms. The summed E-state index contributed by atoms with van der Waals surface area (Å²) in [5, 5.41) is 13.1. The van der Waals surface area contributed by atoms with Crippen molar-refractivity contribution in [2.45, 2.75) is 20.4 Å². The van der Waals surface area contributed by atoms with Crippen LogP contribution in [-0.2, 0) is 6.54 Å². The zero-order valence-electron chi connectivity index (χ0n) is 9.75. The van der Waals surface area contributed by atoms with Gasteiger partial charge in [-0.05, 0) is 47.5 Å². The van der Waals surface area contributed by atoms with Gasteiger partial charge < -0.3 is 14.8 Å². The molecule has 0 fully saturated rings.